The highest BCUT2D eigenvalue weighted by molar-refractivity contribution is 6.09. The quantitative estimate of drug-likeness (QED) is 0.554. The summed E-state index contributed by atoms with van der Waals surface area (Å²) in [6, 6.07) is 0. The molecule has 0 unspecified atom stereocenters. The van der Waals surface area contributed by atoms with Gasteiger partial charge in [0.05, 0.1) is 22.8 Å². The summed E-state index contributed by atoms with van der Waals surface area (Å²) in [6.07, 6.45) is 5.34. The predicted molar refractivity (Wildman–Crippen MR) is 71.5 cm³/mol. The Morgan fingerprint density at radius 1 is 0.842 bits per heavy atom. The first-order chi connectivity index (χ1) is 9.26. The van der Waals surface area contributed by atoms with E-state index in [-0.39, 0.29) is 0 Å². The van der Waals surface area contributed by atoms with Gasteiger partial charge in [0.15, 0.2) is 0 Å². The van der Waals surface area contributed by atoms with E-state index < -0.39 is 0 Å². The van der Waals surface area contributed by atoms with Crippen LogP contribution < -0.4 is 0 Å². The molecule has 0 radical (unpaired) electrons. The SMILES string of the molecule is Cc1c2c(nc3c1C(=NO)CCC3)CCCC2=NO. The van der Waals surface area contributed by atoms with Crippen molar-refractivity contribution < 1.29 is 10.4 Å². The van der Waals surface area contributed by atoms with Gasteiger partial charge in [-0.25, -0.2) is 0 Å². The Labute approximate surface area is 111 Å². The van der Waals surface area contributed by atoms with Gasteiger partial charge in [0.1, 0.15) is 0 Å². The van der Waals surface area contributed by atoms with Gasteiger partial charge in [-0.1, -0.05) is 10.3 Å². The Morgan fingerprint density at radius 2 is 1.32 bits per heavy atom. The van der Waals surface area contributed by atoms with Crippen LogP contribution in [0.15, 0.2) is 10.3 Å². The summed E-state index contributed by atoms with van der Waals surface area (Å²) in [5.74, 6) is 0. The topological polar surface area (TPSA) is 78.1 Å². The molecule has 0 aliphatic heterocycles. The minimum absolute atomic E-state index is 0.705. The molecule has 5 nitrogen and oxygen atoms in total. The molecule has 5 heteroatoms. The largest absolute Gasteiger partial charge is 0.411 e. The average molecular weight is 259 g/mol. The number of rotatable bonds is 0. The van der Waals surface area contributed by atoms with Gasteiger partial charge < -0.3 is 10.4 Å². The summed E-state index contributed by atoms with van der Waals surface area (Å²) < 4.78 is 0. The van der Waals surface area contributed by atoms with Gasteiger partial charge in [-0.3, -0.25) is 4.98 Å². The molecule has 1 aromatic rings. The summed E-state index contributed by atoms with van der Waals surface area (Å²) in [4.78, 5) is 4.73. The lowest BCUT2D eigenvalue weighted by Gasteiger charge is -2.25. The summed E-state index contributed by atoms with van der Waals surface area (Å²) in [5.41, 5.74) is 6.41. The average Bonchev–Trinajstić information content (AvgIpc) is 2.45. The summed E-state index contributed by atoms with van der Waals surface area (Å²) in [5, 5.41) is 25.2. The smallest absolute Gasteiger partial charge is 0.0889 e. The minimum atomic E-state index is 0.705. The van der Waals surface area contributed by atoms with E-state index in [1.54, 1.807) is 0 Å². The molecule has 0 aromatic carbocycles. The molecule has 1 heterocycles. The van der Waals surface area contributed by atoms with E-state index in [9.17, 15) is 0 Å². The Balaban J connectivity index is 2.28. The van der Waals surface area contributed by atoms with Crippen LogP contribution >= 0.6 is 0 Å². The van der Waals surface area contributed by atoms with E-state index in [0.29, 0.717) is 11.4 Å². The molecule has 0 spiro atoms. The van der Waals surface area contributed by atoms with Crippen LogP contribution in [0.2, 0.25) is 0 Å². The van der Waals surface area contributed by atoms with E-state index in [1.165, 1.54) is 0 Å². The molecule has 0 atom stereocenters. The first kappa shape index (κ1) is 12.1. The molecular formula is C14H17N3O2. The fourth-order valence-corrected chi connectivity index (χ4v) is 3.26. The summed E-state index contributed by atoms with van der Waals surface area (Å²) in [6.45, 7) is 2.01. The Bertz CT molecular complexity index is 543. The van der Waals surface area contributed by atoms with Crippen molar-refractivity contribution in [1.29, 1.82) is 0 Å². The highest BCUT2D eigenvalue weighted by Crippen LogP contribution is 2.31. The maximum atomic E-state index is 9.17. The molecule has 2 N–H and O–H groups in total. The van der Waals surface area contributed by atoms with Crippen molar-refractivity contribution >= 4 is 11.4 Å². The zero-order chi connectivity index (χ0) is 13.4. The molecule has 0 amide bonds. The molecule has 0 saturated heterocycles. The Kier molecular flexibility index (Phi) is 2.97. The van der Waals surface area contributed by atoms with E-state index in [1.807, 2.05) is 6.92 Å². The summed E-state index contributed by atoms with van der Waals surface area (Å²) in [7, 11) is 0. The monoisotopic (exact) mass is 259 g/mol. The maximum Gasteiger partial charge on any atom is 0.0889 e. The number of fused-ring (bicyclic) bond motifs is 2. The fourth-order valence-electron chi connectivity index (χ4n) is 3.26. The molecule has 0 bridgehead atoms. The van der Waals surface area contributed by atoms with Crippen LogP contribution in [0, 0.1) is 6.92 Å². The van der Waals surface area contributed by atoms with Crippen molar-refractivity contribution in [2.24, 2.45) is 10.3 Å². The van der Waals surface area contributed by atoms with E-state index in [4.69, 9.17) is 15.4 Å². The van der Waals surface area contributed by atoms with Crippen molar-refractivity contribution in [3.05, 3.63) is 28.1 Å². The molecule has 0 fully saturated rings. The van der Waals surface area contributed by atoms with Crippen molar-refractivity contribution in [2.75, 3.05) is 0 Å². The van der Waals surface area contributed by atoms with Crippen LogP contribution in [0.4, 0.5) is 0 Å². The second kappa shape index (κ2) is 4.64. The number of nitrogens with zero attached hydrogens (tertiary/aromatic N) is 3. The third kappa shape index (κ3) is 1.80. The van der Waals surface area contributed by atoms with E-state index in [0.717, 1.165) is 66.6 Å². The first-order valence-corrected chi connectivity index (χ1v) is 6.71. The zero-order valence-electron chi connectivity index (χ0n) is 11.0. The van der Waals surface area contributed by atoms with Gasteiger partial charge in [0.25, 0.3) is 0 Å². The van der Waals surface area contributed by atoms with E-state index in [2.05, 4.69) is 10.3 Å². The van der Waals surface area contributed by atoms with Gasteiger partial charge in [-0.15, -0.1) is 0 Å². The van der Waals surface area contributed by atoms with Crippen LogP contribution in [-0.2, 0) is 12.8 Å². The molecule has 2 aliphatic rings. The fraction of sp³-hybridized carbons (Fsp3) is 0.500. The Morgan fingerprint density at radius 3 is 1.74 bits per heavy atom. The van der Waals surface area contributed by atoms with Gasteiger partial charge in [-0.2, -0.15) is 0 Å². The van der Waals surface area contributed by atoms with Crippen molar-refractivity contribution in [3.8, 4) is 0 Å². The molecule has 19 heavy (non-hydrogen) atoms. The normalized spacial score (nSPS) is 22.4. The Hall–Kier alpha value is -1.91. The van der Waals surface area contributed by atoms with Gasteiger partial charge in [0.2, 0.25) is 0 Å². The zero-order valence-corrected chi connectivity index (χ0v) is 11.0. The predicted octanol–water partition coefficient (Wildman–Crippen LogP) is 2.42. The third-order valence-electron chi connectivity index (χ3n) is 4.07. The second-order valence-corrected chi connectivity index (χ2v) is 5.18. The maximum absolute atomic E-state index is 9.17. The van der Waals surface area contributed by atoms with Crippen LogP contribution in [0.1, 0.15) is 53.8 Å². The number of aromatic nitrogens is 1. The lowest BCUT2D eigenvalue weighted by Crippen LogP contribution is -2.23. The molecule has 0 saturated carbocycles. The van der Waals surface area contributed by atoms with Crippen molar-refractivity contribution in [3.63, 3.8) is 0 Å². The molecule has 100 valence electrons. The molecular weight excluding hydrogens is 242 g/mol. The number of oxime groups is 2. The highest BCUT2D eigenvalue weighted by atomic mass is 16.4. The highest BCUT2D eigenvalue weighted by Gasteiger charge is 2.27. The van der Waals surface area contributed by atoms with Crippen LogP contribution in [0.3, 0.4) is 0 Å². The van der Waals surface area contributed by atoms with Gasteiger partial charge in [0, 0.05) is 11.1 Å². The lowest BCUT2D eigenvalue weighted by atomic mass is 9.83. The standard InChI is InChI=1S/C14H17N3O2/c1-8-13-9(4-2-6-11(13)16-18)15-10-5-3-7-12(17-19)14(8)10/h18-19H,2-7H2,1H3. The lowest BCUT2D eigenvalue weighted by molar-refractivity contribution is 0.317. The number of hydrogen-bond acceptors (Lipinski definition) is 5. The summed E-state index contributed by atoms with van der Waals surface area (Å²) >= 11 is 0. The van der Waals surface area contributed by atoms with Gasteiger partial charge >= 0.3 is 0 Å². The van der Waals surface area contributed by atoms with Crippen molar-refractivity contribution in [2.45, 2.75) is 45.4 Å². The molecule has 3 rings (SSSR count). The third-order valence-corrected chi connectivity index (χ3v) is 4.07. The van der Waals surface area contributed by atoms with Crippen LogP contribution in [0.5, 0.6) is 0 Å². The number of aryl methyl sites for hydroxylation is 2. The molecule has 2 aliphatic carbocycles. The first-order valence-electron chi connectivity index (χ1n) is 6.71. The van der Waals surface area contributed by atoms with Crippen molar-refractivity contribution in [1.82, 2.24) is 4.98 Å². The van der Waals surface area contributed by atoms with E-state index >= 15 is 0 Å². The molecule has 1 aromatic heterocycles. The van der Waals surface area contributed by atoms with Crippen LogP contribution in [-0.4, -0.2) is 26.8 Å². The number of hydrogen-bond donors (Lipinski definition) is 2. The minimum Gasteiger partial charge on any atom is -0.411 e. The van der Waals surface area contributed by atoms with Crippen LogP contribution in [0.25, 0.3) is 0 Å². The number of pyridine rings is 1. The second-order valence-electron chi connectivity index (χ2n) is 5.18. The van der Waals surface area contributed by atoms with Gasteiger partial charge in [-0.05, 0) is 51.0 Å².